The van der Waals surface area contributed by atoms with Crippen LogP contribution in [0.2, 0.25) is 0 Å². The van der Waals surface area contributed by atoms with Gasteiger partial charge in [0.2, 0.25) is 5.91 Å². The number of nitrogens with one attached hydrogen (secondary N) is 2. The smallest absolute Gasteiger partial charge is 0.255 e. The molecule has 2 amide bonds. The monoisotopic (exact) mass is 470 g/mol. The zero-order chi connectivity index (χ0) is 24.3. The summed E-state index contributed by atoms with van der Waals surface area (Å²) in [5, 5.41) is 5.61. The van der Waals surface area contributed by atoms with Crippen molar-refractivity contribution < 1.29 is 9.59 Å². The summed E-state index contributed by atoms with van der Waals surface area (Å²) in [7, 11) is 0. The minimum atomic E-state index is -0.259. The van der Waals surface area contributed by atoms with Crippen LogP contribution in [0.25, 0.3) is 0 Å². The Morgan fingerprint density at radius 3 is 2.03 bits per heavy atom. The molecule has 172 valence electrons. The molecule has 0 atom stereocenters. The van der Waals surface area contributed by atoms with Crippen LogP contribution in [0.15, 0.2) is 108 Å². The van der Waals surface area contributed by atoms with Crippen molar-refractivity contribution in [3.05, 3.63) is 114 Å². The molecule has 0 aromatic heterocycles. The van der Waals surface area contributed by atoms with Gasteiger partial charge < -0.3 is 22.1 Å². The van der Waals surface area contributed by atoms with Crippen molar-refractivity contribution in [2.75, 3.05) is 22.1 Å². The first-order valence-corrected chi connectivity index (χ1v) is 11.0. The van der Waals surface area contributed by atoms with E-state index in [0.717, 1.165) is 16.1 Å². The first-order valence-electron chi connectivity index (χ1n) is 10.5. The van der Waals surface area contributed by atoms with Gasteiger partial charge >= 0.3 is 0 Å². The molecule has 4 aromatic carbocycles. The van der Waals surface area contributed by atoms with E-state index < -0.39 is 0 Å². The third-order valence-corrected chi connectivity index (χ3v) is 5.04. The van der Waals surface area contributed by atoms with Crippen molar-refractivity contribution in [3.63, 3.8) is 0 Å². The summed E-state index contributed by atoms with van der Waals surface area (Å²) in [6.45, 7) is 0. The molecule has 4 rings (SSSR count). The molecule has 0 heterocycles. The third-order valence-electron chi connectivity index (χ3n) is 4.74. The van der Waals surface area contributed by atoms with Crippen molar-refractivity contribution in [1.29, 1.82) is 0 Å². The Morgan fingerprint density at radius 1 is 0.706 bits per heavy atom. The van der Waals surface area contributed by atoms with Crippen LogP contribution in [0, 0.1) is 0 Å². The van der Waals surface area contributed by atoms with E-state index in [9.17, 15) is 9.59 Å². The van der Waals surface area contributed by atoms with E-state index in [2.05, 4.69) is 23.3 Å². The maximum atomic E-state index is 12.4. The molecule has 4 aromatic rings. The van der Waals surface area contributed by atoms with Crippen LogP contribution in [0.3, 0.4) is 0 Å². The lowest BCUT2D eigenvalue weighted by Gasteiger charge is -2.09. The lowest BCUT2D eigenvalue weighted by Crippen LogP contribution is -2.16. The number of rotatable bonds is 5. The Morgan fingerprint density at radius 2 is 1.38 bits per heavy atom. The summed E-state index contributed by atoms with van der Waals surface area (Å²) in [5.74, 6) is -0.458. The van der Waals surface area contributed by atoms with Gasteiger partial charge in [-0.2, -0.15) is 0 Å². The number of para-hydroxylation sites is 2. The van der Waals surface area contributed by atoms with Crippen LogP contribution in [-0.2, 0) is 11.2 Å². The Labute approximate surface area is 204 Å². The van der Waals surface area contributed by atoms with Crippen molar-refractivity contribution in [2.45, 2.75) is 11.3 Å². The summed E-state index contributed by atoms with van der Waals surface area (Å²) >= 11 is 4.22. The van der Waals surface area contributed by atoms with Crippen molar-refractivity contribution >= 4 is 47.2 Å². The van der Waals surface area contributed by atoms with Crippen LogP contribution in [0.5, 0.6) is 0 Å². The standard InChI is InChI=1S/C21H19N3O2S.C6H7N/c22-19-7-2-1-4-14(19)13-20(25)23-17-6-3-5-15(12-17)21(26)24-16-8-10-18(27)11-9-16;7-6-4-2-1-3-5-6/h1-12,27H,13,22H2,(H,23,25)(H,24,26);1-5H,7H2. The fourth-order valence-corrected chi connectivity index (χ4v) is 3.16. The highest BCUT2D eigenvalue weighted by molar-refractivity contribution is 7.80. The van der Waals surface area contributed by atoms with Crippen molar-refractivity contribution in [3.8, 4) is 0 Å². The van der Waals surface area contributed by atoms with E-state index in [-0.39, 0.29) is 18.2 Å². The molecule has 0 aliphatic rings. The fraction of sp³-hybridized carbons (Fsp3) is 0.0370. The normalized spacial score (nSPS) is 9.91. The lowest BCUT2D eigenvalue weighted by molar-refractivity contribution is -0.115. The van der Waals surface area contributed by atoms with Gasteiger partial charge in [-0.1, -0.05) is 42.5 Å². The summed E-state index contributed by atoms with van der Waals surface area (Å²) in [6, 6.07) is 30.6. The van der Waals surface area contributed by atoms with Crippen molar-refractivity contribution in [2.24, 2.45) is 0 Å². The number of hydrogen-bond donors (Lipinski definition) is 5. The molecule has 0 saturated heterocycles. The van der Waals surface area contributed by atoms with E-state index in [1.54, 1.807) is 54.6 Å². The zero-order valence-corrected chi connectivity index (χ0v) is 19.3. The molecule has 0 aliphatic carbocycles. The SMILES string of the molecule is Nc1ccccc1.Nc1ccccc1CC(=O)Nc1cccc(C(=O)Nc2ccc(S)cc2)c1. The van der Waals surface area contributed by atoms with Crippen LogP contribution < -0.4 is 22.1 Å². The maximum absolute atomic E-state index is 12.4. The van der Waals surface area contributed by atoms with E-state index >= 15 is 0 Å². The Balaban J connectivity index is 0.000000396. The van der Waals surface area contributed by atoms with Crippen LogP contribution in [0.4, 0.5) is 22.7 Å². The number of benzene rings is 4. The number of amides is 2. The number of anilines is 4. The third kappa shape index (κ3) is 7.72. The molecule has 7 heteroatoms. The van der Waals surface area contributed by atoms with Gasteiger partial charge in [0.05, 0.1) is 6.42 Å². The van der Waals surface area contributed by atoms with Crippen LogP contribution >= 0.6 is 12.6 Å². The second kappa shape index (κ2) is 12.1. The van der Waals surface area contributed by atoms with Gasteiger partial charge in [0.25, 0.3) is 5.91 Å². The highest BCUT2D eigenvalue weighted by atomic mass is 32.1. The molecule has 0 spiro atoms. The van der Waals surface area contributed by atoms with E-state index in [0.29, 0.717) is 22.6 Å². The largest absolute Gasteiger partial charge is 0.399 e. The number of hydrogen-bond acceptors (Lipinski definition) is 5. The minimum absolute atomic E-state index is 0.166. The average molecular weight is 471 g/mol. The average Bonchev–Trinajstić information content (AvgIpc) is 2.83. The summed E-state index contributed by atoms with van der Waals surface area (Å²) in [5.41, 5.74) is 15.1. The first kappa shape index (κ1) is 24.4. The van der Waals surface area contributed by atoms with E-state index in [4.69, 9.17) is 11.5 Å². The molecule has 0 aliphatic heterocycles. The Kier molecular flexibility index (Phi) is 8.71. The van der Waals surface area contributed by atoms with Gasteiger partial charge in [-0.05, 0) is 66.2 Å². The Bertz CT molecular complexity index is 1240. The predicted octanol–water partition coefficient (Wildman–Crippen LogP) is 5.26. The fourth-order valence-electron chi connectivity index (χ4n) is 3.01. The zero-order valence-electron chi connectivity index (χ0n) is 18.4. The van der Waals surface area contributed by atoms with Gasteiger partial charge in [0, 0.05) is 33.2 Å². The lowest BCUT2D eigenvalue weighted by atomic mass is 10.1. The predicted molar refractivity (Wildman–Crippen MR) is 142 cm³/mol. The molecule has 34 heavy (non-hydrogen) atoms. The van der Waals surface area contributed by atoms with Gasteiger partial charge in [0.1, 0.15) is 0 Å². The molecule has 0 radical (unpaired) electrons. The number of carbonyl (C=O) groups excluding carboxylic acids is 2. The van der Waals surface area contributed by atoms with Gasteiger partial charge in [-0.25, -0.2) is 0 Å². The van der Waals surface area contributed by atoms with E-state index in [1.807, 2.05) is 48.5 Å². The maximum Gasteiger partial charge on any atom is 0.255 e. The Hall–Kier alpha value is -4.23. The van der Waals surface area contributed by atoms with Crippen molar-refractivity contribution in [1.82, 2.24) is 0 Å². The second-order valence-corrected chi connectivity index (χ2v) is 7.93. The highest BCUT2D eigenvalue weighted by Gasteiger charge is 2.10. The second-order valence-electron chi connectivity index (χ2n) is 7.42. The van der Waals surface area contributed by atoms with Gasteiger partial charge in [-0.3, -0.25) is 9.59 Å². The molecular formula is C27H26N4O2S. The number of nitrogens with two attached hydrogens (primary N) is 2. The number of nitrogen functional groups attached to an aromatic ring is 2. The molecule has 6 nitrogen and oxygen atoms in total. The van der Waals surface area contributed by atoms with Gasteiger partial charge in [-0.15, -0.1) is 12.6 Å². The highest BCUT2D eigenvalue weighted by Crippen LogP contribution is 2.17. The van der Waals surface area contributed by atoms with Crippen LogP contribution in [-0.4, -0.2) is 11.8 Å². The molecule has 0 fully saturated rings. The first-order chi connectivity index (χ1) is 16.4. The topological polar surface area (TPSA) is 110 Å². The summed E-state index contributed by atoms with van der Waals surface area (Å²) < 4.78 is 0. The van der Waals surface area contributed by atoms with Gasteiger partial charge in [0.15, 0.2) is 0 Å². The summed E-state index contributed by atoms with van der Waals surface area (Å²) in [6.07, 6.45) is 0.166. The molecular weight excluding hydrogens is 444 g/mol. The molecule has 0 bridgehead atoms. The van der Waals surface area contributed by atoms with Crippen LogP contribution in [0.1, 0.15) is 15.9 Å². The van der Waals surface area contributed by atoms with E-state index in [1.165, 1.54) is 0 Å². The quantitative estimate of drug-likeness (QED) is 0.202. The summed E-state index contributed by atoms with van der Waals surface area (Å²) in [4.78, 5) is 25.5. The molecule has 0 saturated carbocycles. The molecule has 0 unspecified atom stereocenters. The number of thiol groups is 1. The number of carbonyl (C=O) groups is 2. The minimum Gasteiger partial charge on any atom is -0.399 e. The molecule has 6 N–H and O–H groups in total.